The van der Waals surface area contributed by atoms with Crippen molar-refractivity contribution in [3.8, 4) is 0 Å². The molecule has 1 saturated heterocycles. The molecule has 0 saturated carbocycles. The van der Waals surface area contributed by atoms with Crippen molar-refractivity contribution >= 4 is 12.0 Å². The van der Waals surface area contributed by atoms with Gasteiger partial charge in [-0.3, -0.25) is 4.79 Å². The van der Waals surface area contributed by atoms with E-state index in [9.17, 15) is 9.59 Å². The van der Waals surface area contributed by atoms with Crippen molar-refractivity contribution in [2.75, 3.05) is 19.6 Å². The zero-order valence-corrected chi connectivity index (χ0v) is 10.4. The van der Waals surface area contributed by atoms with Gasteiger partial charge in [0.05, 0.1) is 5.92 Å². The maximum absolute atomic E-state index is 11.7. The van der Waals surface area contributed by atoms with Crippen LogP contribution >= 0.6 is 0 Å². The molecule has 1 unspecified atom stereocenters. The molecule has 1 fully saturated rings. The monoisotopic (exact) mass is 242 g/mol. The molecule has 1 aliphatic heterocycles. The molecule has 2 amide bonds. The lowest BCUT2D eigenvalue weighted by Crippen LogP contribution is -2.43. The number of carbonyl (C=O) groups is 2. The third-order valence-electron chi connectivity index (χ3n) is 3.15. The Morgan fingerprint density at radius 1 is 1.29 bits per heavy atom. The number of nitrogens with zero attached hydrogens (tertiary/aromatic N) is 1. The smallest absolute Gasteiger partial charge is 0.317 e. The average Bonchev–Trinajstić information content (AvgIpc) is 2.35. The predicted molar refractivity (Wildman–Crippen MR) is 64.9 cm³/mol. The fourth-order valence-corrected chi connectivity index (χ4v) is 1.94. The summed E-state index contributed by atoms with van der Waals surface area (Å²) in [6.45, 7) is 3.94. The first kappa shape index (κ1) is 13.8. The van der Waals surface area contributed by atoms with Gasteiger partial charge < -0.3 is 15.3 Å². The summed E-state index contributed by atoms with van der Waals surface area (Å²) in [5, 5.41) is 11.5. The van der Waals surface area contributed by atoms with Crippen molar-refractivity contribution in [1.29, 1.82) is 0 Å². The number of likely N-dealkylation sites (tertiary alicyclic amines) is 1. The molecule has 5 nitrogen and oxygen atoms in total. The minimum atomic E-state index is -0.771. The lowest BCUT2D eigenvalue weighted by atomic mass is 10.1. The summed E-state index contributed by atoms with van der Waals surface area (Å²) in [6, 6.07) is -0.00678. The SMILES string of the molecule is CC(CCCNC(=O)N1CCCCC1)C(=O)O. The van der Waals surface area contributed by atoms with Gasteiger partial charge in [-0.15, -0.1) is 0 Å². The van der Waals surface area contributed by atoms with E-state index in [1.165, 1.54) is 6.42 Å². The highest BCUT2D eigenvalue weighted by molar-refractivity contribution is 5.74. The molecular formula is C12H22N2O3. The first-order valence-electron chi connectivity index (χ1n) is 6.37. The van der Waals surface area contributed by atoms with Crippen LogP contribution in [0.4, 0.5) is 4.79 Å². The molecule has 1 rings (SSSR count). The topological polar surface area (TPSA) is 69.6 Å². The van der Waals surface area contributed by atoms with Gasteiger partial charge in [0.25, 0.3) is 0 Å². The van der Waals surface area contributed by atoms with Gasteiger partial charge in [-0.1, -0.05) is 6.92 Å². The summed E-state index contributed by atoms with van der Waals surface area (Å²) < 4.78 is 0. The molecule has 5 heteroatoms. The van der Waals surface area contributed by atoms with Crippen molar-refractivity contribution < 1.29 is 14.7 Å². The Bertz CT molecular complexity index is 262. The maximum Gasteiger partial charge on any atom is 0.317 e. The molecule has 0 radical (unpaired) electrons. The average molecular weight is 242 g/mol. The van der Waals surface area contributed by atoms with Gasteiger partial charge in [-0.2, -0.15) is 0 Å². The van der Waals surface area contributed by atoms with Crippen LogP contribution in [0.3, 0.4) is 0 Å². The van der Waals surface area contributed by atoms with E-state index in [2.05, 4.69) is 5.32 Å². The number of carbonyl (C=O) groups excluding carboxylic acids is 1. The Balaban J connectivity index is 2.09. The van der Waals surface area contributed by atoms with Crippen LogP contribution in [-0.4, -0.2) is 41.6 Å². The van der Waals surface area contributed by atoms with Crippen molar-refractivity contribution in [3.63, 3.8) is 0 Å². The minimum absolute atomic E-state index is 0.00678. The molecule has 0 aromatic rings. The number of carboxylic acids is 1. The molecule has 1 aliphatic rings. The molecule has 0 aromatic carbocycles. The van der Waals surface area contributed by atoms with Crippen LogP contribution in [0.1, 0.15) is 39.0 Å². The van der Waals surface area contributed by atoms with E-state index in [0.29, 0.717) is 19.4 Å². The van der Waals surface area contributed by atoms with Gasteiger partial charge in [-0.25, -0.2) is 4.79 Å². The molecular weight excluding hydrogens is 220 g/mol. The van der Waals surface area contributed by atoms with Gasteiger partial charge >= 0.3 is 12.0 Å². The van der Waals surface area contributed by atoms with Crippen LogP contribution in [-0.2, 0) is 4.79 Å². The standard InChI is InChI=1S/C12H22N2O3/c1-10(11(15)16)6-5-7-13-12(17)14-8-3-2-4-9-14/h10H,2-9H2,1H3,(H,13,17)(H,15,16). The van der Waals surface area contributed by atoms with E-state index >= 15 is 0 Å². The Hall–Kier alpha value is -1.26. The van der Waals surface area contributed by atoms with Crippen LogP contribution in [0.15, 0.2) is 0 Å². The first-order valence-corrected chi connectivity index (χ1v) is 6.37. The number of hydrogen-bond acceptors (Lipinski definition) is 2. The molecule has 98 valence electrons. The summed E-state index contributed by atoms with van der Waals surface area (Å²) in [4.78, 5) is 24.1. The predicted octanol–water partition coefficient (Wildman–Crippen LogP) is 1.68. The summed E-state index contributed by atoms with van der Waals surface area (Å²) >= 11 is 0. The minimum Gasteiger partial charge on any atom is -0.481 e. The Kier molecular flexibility index (Phi) is 5.80. The number of hydrogen-bond donors (Lipinski definition) is 2. The van der Waals surface area contributed by atoms with E-state index in [0.717, 1.165) is 25.9 Å². The highest BCUT2D eigenvalue weighted by Gasteiger charge is 2.16. The van der Waals surface area contributed by atoms with Gasteiger partial charge in [0.15, 0.2) is 0 Å². The Morgan fingerprint density at radius 3 is 2.53 bits per heavy atom. The number of amides is 2. The summed E-state index contributed by atoms with van der Waals surface area (Å²) in [5.74, 6) is -1.10. The maximum atomic E-state index is 11.7. The van der Waals surface area contributed by atoms with E-state index < -0.39 is 5.97 Å². The lowest BCUT2D eigenvalue weighted by Gasteiger charge is -2.26. The number of rotatable bonds is 5. The fourth-order valence-electron chi connectivity index (χ4n) is 1.94. The number of nitrogens with one attached hydrogen (secondary N) is 1. The van der Waals surface area contributed by atoms with E-state index in [1.807, 2.05) is 4.90 Å². The fraction of sp³-hybridized carbons (Fsp3) is 0.833. The van der Waals surface area contributed by atoms with Gasteiger partial charge in [-0.05, 0) is 32.1 Å². The van der Waals surface area contributed by atoms with Crippen LogP contribution < -0.4 is 5.32 Å². The molecule has 1 heterocycles. The van der Waals surface area contributed by atoms with Crippen molar-refractivity contribution in [2.45, 2.75) is 39.0 Å². The molecule has 1 atom stereocenters. The van der Waals surface area contributed by atoms with Crippen molar-refractivity contribution in [1.82, 2.24) is 10.2 Å². The number of carboxylic acid groups (broad SMARTS) is 1. The molecule has 2 N–H and O–H groups in total. The molecule has 0 aromatic heterocycles. The van der Waals surface area contributed by atoms with E-state index in [1.54, 1.807) is 6.92 Å². The summed E-state index contributed by atoms with van der Waals surface area (Å²) in [5.41, 5.74) is 0. The summed E-state index contributed by atoms with van der Waals surface area (Å²) in [6.07, 6.45) is 4.70. The second kappa shape index (κ2) is 7.14. The number of aliphatic carboxylic acids is 1. The van der Waals surface area contributed by atoms with Crippen LogP contribution in [0, 0.1) is 5.92 Å². The highest BCUT2D eigenvalue weighted by atomic mass is 16.4. The van der Waals surface area contributed by atoms with Gasteiger partial charge in [0, 0.05) is 19.6 Å². The third-order valence-corrected chi connectivity index (χ3v) is 3.15. The van der Waals surface area contributed by atoms with Crippen LogP contribution in [0.5, 0.6) is 0 Å². The van der Waals surface area contributed by atoms with E-state index in [4.69, 9.17) is 5.11 Å². The van der Waals surface area contributed by atoms with E-state index in [-0.39, 0.29) is 11.9 Å². The number of piperidine rings is 1. The molecule has 0 spiro atoms. The first-order chi connectivity index (χ1) is 8.11. The second-order valence-corrected chi connectivity index (χ2v) is 4.66. The number of urea groups is 1. The van der Waals surface area contributed by atoms with Crippen LogP contribution in [0.2, 0.25) is 0 Å². The third kappa shape index (κ3) is 5.06. The normalized spacial score (nSPS) is 17.6. The molecule has 17 heavy (non-hydrogen) atoms. The Labute approximate surface area is 102 Å². The summed E-state index contributed by atoms with van der Waals surface area (Å²) in [7, 11) is 0. The van der Waals surface area contributed by atoms with Crippen LogP contribution in [0.25, 0.3) is 0 Å². The highest BCUT2D eigenvalue weighted by Crippen LogP contribution is 2.08. The largest absolute Gasteiger partial charge is 0.481 e. The Morgan fingerprint density at radius 2 is 1.94 bits per heavy atom. The van der Waals surface area contributed by atoms with Gasteiger partial charge in [0.1, 0.15) is 0 Å². The van der Waals surface area contributed by atoms with Gasteiger partial charge in [0.2, 0.25) is 0 Å². The molecule has 0 bridgehead atoms. The quantitative estimate of drug-likeness (QED) is 0.721. The second-order valence-electron chi connectivity index (χ2n) is 4.66. The van der Waals surface area contributed by atoms with Crippen molar-refractivity contribution in [3.05, 3.63) is 0 Å². The molecule has 0 aliphatic carbocycles. The zero-order valence-electron chi connectivity index (χ0n) is 10.4. The zero-order chi connectivity index (χ0) is 12.7. The lowest BCUT2D eigenvalue weighted by molar-refractivity contribution is -0.141. The van der Waals surface area contributed by atoms with Crippen molar-refractivity contribution in [2.24, 2.45) is 5.92 Å².